The summed E-state index contributed by atoms with van der Waals surface area (Å²) in [6, 6.07) is 11.2. The minimum Gasteiger partial charge on any atom is -0.377 e. The summed E-state index contributed by atoms with van der Waals surface area (Å²) in [4.78, 5) is 2.34. The molecule has 0 aliphatic carbocycles. The Hall–Kier alpha value is -0.900. The van der Waals surface area contributed by atoms with Crippen molar-refractivity contribution in [3.63, 3.8) is 0 Å². The van der Waals surface area contributed by atoms with Gasteiger partial charge in [-0.15, -0.1) is 24.0 Å². The maximum Gasteiger partial charge on any atom is 0.241 e. The monoisotopic (exact) mass is 478 g/mol. The first kappa shape index (κ1) is 22.1. The zero-order chi connectivity index (χ0) is 18.0. The molecule has 2 aromatic rings. The van der Waals surface area contributed by atoms with Crippen LogP contribution in [0.5, 0.6) is 0 Å². The van der Waals surface area contributed by atoms with Gasteiger partial charge in [0.25, 0.3) is 0 Å². The number of quaternary nitrogens is 1. The SMILES string of the molecule is CN(C)c1cccc2c(S(=O)(=O)NCCC[N+](C)(C)C)cccc12.I. The molecular formula is C18H29IN3O2S+. The standard InChI is InChI=1S/C18H28N3O2S.HI/c1-20(2)17-11-6-10-16-15(17)9-7-12-18(16)24(22,23)19-13-8-14-21(3,4)5;/h6-7,9-12,19H,8,13-14H2,1-5H3;1H/q+1;. The number of sulfonamides is 1. The van der Waals surface area contributed by atoms with Gasteiger partial charge in [0, 0.05) is 43.5 Å². The summed E-state index contributed by atoms with van der Waals surface area (Å²) in [5.41, 5.74) is 1.01. The molecule has 2 rings (SSSR count). The Kier molecular flexibility index (Phi) is 7.67. The Balaban J connectivity index is 0.00000312. The number of anilines is 1. The molecule has 1 N–H and O–H groups in total. The van der Waals surface area contributed by atoms with Gasteiger partial charge in [-0.25, -0.2) is 13.1 Å². The van der Waals surface area contributed by atoms with Crippen LogP contribution in [0.25, 0.3) is 10.8 Å². The van der Waals surface area contributed by atoms with Crippen molar-refractivity contribution in [1.29, 1.82) is 0 Å². The Morgan fingerprint density at radius 1 is 1.00 bits per heavy atom. The van der Waals surface area contributed by atoms with E-state index in [1.165, 1.54) is 0 Å². The molecule has 0 heterocycles. The van der Waals surface area contributed by atoms with Gasteiger partial charge in [0.1, 0.15) is 0 Å². The molecule has 25 heavy (non-hydrogen) atoms. The van der Waals surface area contributed by atoms with Crippen molar-refractivity contribution in [3.8, 4) is 0 Å². The molecule has 0 fully saturated rings. The lowest BCUT2D eigenvalue weighted by molar-refractivity contribution is -0.870. The van der Waals surface area contributed by atoms with Crippen LogP contribution in [-0.2, 0) is 10.0 Å². The predicted molar refractivity (Wildman–Crippen MR) is 116 cm³/mol. The minimum atomic E-state index is -3.52. The second-order valence-corrected chi connectivity index (χ2v) is 9.02. The smallest absolute Gasteiger partial charge is 0.241 e. The predicted octanol–water partition coefficient (Wildman–Crippen LogP) is 2.90. The van der Waals surface area contributed by atoms with Gasteiger partial charge in [-0.2, -0.15) is 0 Å². The van der Waals surface area contributed by atoms with Gasteiger partial charge in [-0.05, 0) is 12.1 Å². The van der Waals surface area contributed by atoms with Gasteiger partial charge in [0.15, 0.2) is 0 Å². The lowest BCUT2D eigenvalue weighted by atomic mass is 10.1. The van der Waals surface area contributed by atoms with Gasteiger partial charge in [0.2, 0.25) is 10.0 Å². The first-order chi connectivity index (χ1) is 11.1. The van der Waals surface area contributed by atoms with Crippen molar-refractivity contribution in [2.75, 3.05) is 53.2 Å². The van der Waals surface area contributed by atoms with Crippen LogP contribution in [0.2, 0.25) is 0 Å². The maximum atomic E-state index is 12.7. The highest BCUT2D eigenvalue weighted by atomic mass is 127. The Morgan fingerprint density at radius 2 is 1.60 bits per heavy atom. The number of nitrogens with one attached hydrogen (secondary N) is 1. The fraction of sp³-hybridized carbons (Fsp3) is 0.444. The third kappa shape index (κ3) is 5.80. The van der Waals surface area contributed by atoms with Crippen molar-refractivity contribution < 1.29 is 12.9 Å². The number of nitrogens with zero attached hydrogens (tertiary/aromatic N) is 2. The van der Waals surface area contributed by atoms with E-state index in [-0.39, 0.29) is 24.0 Å². The number of benzene rings is 2. The fourth-order valence-electron chi connectivity index (χ4n) is 2.73. The van der Waals surface area contributed by atoms with E-state index in [1.54, 1.807) is 12.1 Å². The largest absolute Gasteiger partial charge is 0.377 e. The average molecular weight is 478 g/mol. The molecule has 2 aromatic carbocycles. The van der Waals surface area contributed by atoms with Crippen LogP contribution in [0, 0.1) is 0 Å². The third-order valence-electron chi connectivity index (χ3n) is 3.93. The van der Waals surface area contributed by atoms with E-state index in [1.807, 2.05) is 43.3 Å². The highest BCUT2D eigenvalue weighted by Gasteiger charge is 2.18. The van der Waals surface area contributed by atoms with Crippen LogP contribution in [0.15, 0.2) is 41.3 Å². The quantitative estimate of drug-likeness (QED) is 0.378. The zero-order valence-corrected chi connectivity index (χ0v) is 18.8. The van der Waals surface area contributed by atoms with Crippen LogP contribution in [-0.4, -0.2) is 61.2 Å². The number of rotatable bonds is 7. The molecule has 0 saturated carbocycles. The normalized spacial score (nSPS) is 12.0. The van der Waals surface area contributed by atoms with Gasteiger partial charge in [0.05, 0.1) is 32.6 Å². The van der Waals surface area contributed by atoms with Crippen LogP contribution >= 0.6 is 24.0 Å². The summed E-state index contributed by atoms with van der Waals surface area (Å²) in [7, 11) is 6.69. The molecular weight excluding hydrogens is 449 g/mol. The molecule has 140 valence electrons. The van der Waals surface area contributed by atoms with E-state index < -0.39 is 10.0 Å². The van der Waals surface area contributed by atoms with Crippen LogP contribution in [0.1, 0.15) is 6.42 Å². The van der Waals surface area contributed by atoms with E-state index in [4.69, 9.17) is 0 Å². The Labute approximate surface area is 168 Å². The van der Waals surface area contributed by atoms with Crippen molar-refractivity contribution in [3.05, 3.63) is 36.4 Å². The molecule has 0 bridgehead atoms. The van der Waals surface area contributed by atoms with Gasteiger partial charge < -0.3 is 9.38 Å². The van der Waals surface area contributed by atoms with Gasteiger partial charge >= 0.3 is 0 Å². The lowest BCUT2D eigenvalue weighted by Gasteiger charge is -2.23. The topological polar surface area (TPSA) is 49.4 Å². The summed E-state index contributed by atoms with van der Waals surface area (Å²) >= 11 is 0. The fourth-order valence-corrected chi connectivity index (χ4v) is 4.02. The molecule has 0 radical (unpaired) electrons. The van der Waals surface area contributed by atoms with E-state index in [0.717, 1.165) is 33.9 Å². The molecule has 5 nitrogen and oxygen atoms in total. The molecule has 0 atom stereocenters. The maximum absolute atomic E-state index is 12.7. The summed E-state index contributed by atoms with van der Waals surface area (Å²) in [6.07, 6.45) is 0.802. The average Bonchev–Trinajstić information content (AvgIpc) is 2.49. The van der Waals surface area contributed by atoms with Crippen LogP contribution in [0.3, 0.4) is 0 Å². The first-order valence-electron chi connectivity index (χ1n) is 8.11. The van der Waals surface area contributed by atoms with E-state index in [9.17, 15) is 8.42 Å². The molecule has 7 heteroatoms. The van der Waals surface area contributed by atoms with E-state index >= 15 is 0 Å². The van der Waals surface area contributed by atoms with Gasteiger partial charge in [-0.1, -0.05) is 24.3 Å². The summed E-state index contributed by atoms with van der Waals surface area (Å²) in [6.45, 7) is 1.37. The second kappa shape index (κ2) is 8.66. The van der Waals surface area contributed by atoms with E-state index in [2.05, 4.69) is 25.9 Å². The highest BCUT2D eigenvalue weighted by Crippen LogP contribution is 2.29. The number of hydrogen-bond donors (Lipinski definition) is 1. The number of halogens is 1. The molecule has 0 aromatic heterocycles. The molecule has 0 amide bonds. The lowest BCUT2D eigenvalue weighted by Crippen LogP contribution is -2.37. The molecule has 0 aliphatic rings. The van der Waals surface area contributed by atoms with Crippen molar-refractivity contribution in [2.24, 2.45) is 0 Å². The van der Waals surface area contributed by atoms with E-state index in [0.29, 0.717) is 11.4 Å². The number of fused-ring (bicyclic) bond motifs is 1. The Bertz CT molecular complexity index is 815. The summed E-state index contributed by atoms with van der Waals surface area (Å²) < 4.78 is 29.0. The van der Waals surface area contributed by atoms with Crippen molar-refractivity contribution >= 4 is 50.5 Å². The molecule has 0 saturated heterocycles. The first-order valence-corrected chi connectivity index (χ1v) is 9.59. The third-order valence-corrected chi connectivity index (χ3v) is 5.45. The van der Waals surface area contributed by atoms with Crippen molar-refractivity contribution in [1.82, 2.24) is 4.72 Å². The minimum absolute atomic E-state index is 0. The summed E-state index contributed by atoms with van der Waals surface area (Å²) in [5.74, 6) is 0. The summed E-state index contributed by atoms with van der Waals surface area (Å²) in [5, 5.41) is 1.69. The van der Waals surface area contributed by atoms with Crippen molar-refractivity contribution in [2.45, 2.75) is 11.3 Å². The van der Waals surface area contributed by atoms with Gasteiger partial charge in [-0.3, -0.25) is 0 Å². The van der Waals surface area contributed by atoms with Crippen LogP contribution in [0.4, 0.5) is 5.69 Å². The highest BCUT2D eigenvalue weighted by molar-refractivity contribution is 14.0. The zero-order valence-electron chi connectivity index (χ0n) is 15.6. The number of hydrogen-bond acceptors (Lipinski definition) is 3. The molecule has 0 spiro atoms. The molecule has 0 aliphatic heterocycles. The Morgan fingerprint density at radius 3 is 2.20 bits per heavy atom. The second-order valence-electron chi connectivity index (χ2n) is 7.29. The molecule has 0 unspecified atom stereocenters. The van der Waals surface area contributed by atoms with Crippen LogP contribution < -0.4 is 9.62 Å².